The average Bonchev–Trinajstić information content (AvgIpc) is 2.35. The molecule has 1 aromatic heterocycles. The summed E-state index contributed by atoms with van der Waals surface area (Å²) in [6, 6.07) is 6.27. The van der Waals surface area contributed by atoms with E-state index in [1.165, 1.54) is 12.3 Å². The minimum absolute atomic E-state index is 0.0832. The third-order valence-electron chi connectivity index (χ3n) is 2.29. The maximum Gasteiger partial charge on any atom is 0.194 e. The van der Waals surface area contributed by atoms with Crippen molar-refractivity contribution in [2.45, 2.75) is 6.10 Å². The van der Waals surface area contributed by atoms with E-state index in [0.29, 0.717) is 0 Å². The zero-order valence-electron chi connectivity index (χ0n) is 8.57. The van der Waals surface area contributed by atoms with Crippen LogP contribution in [0.2, 0.25) is 0 Å². The molecule has 0 aliphatic rings. The summed E-state index contributed by atoms with van der Waals surface area (Å²) in [7, 11) is 0. The molecule has 88 valence electrons. The Hall–Kier alpha value is -1.88. The topological polar surface area (TPSA) is 33.1 Å². The number of nitrogens with zero attached hydrogens (tertiary/aromatic N) is 1. The molecule has 2 aromatic rings. The molecule has 5 heteroatoms. The van der Waals surface area contributed by atoms with Gasteiger partial charge in [-0.3, -0.25) is 4.98 Å². The van der Waals surface area contributed by atoms with Crippen LogP contribution in [0.3, 0.4) is 0 Å². The van der Waals surface area contributed by atoms with Crippen molar-refractivity contribution in [3.8, 4) is 0 Å². The first-order valence-electron chi connectivity index (χ1n) is 4.83. The lowest BCUT2D eigenvalue weighted by Crippen LogP contribution is -2.04. The summed E-state index contributed by atoms with van der Waals surface area (Å²) in [5.74, 6) is -4.23. The highest BCUT2D eigenvalue weighted by molar-refractivity contribution is 5.27. The van der Waals surface area contributed by atoms with Crippen molar-refractivity contribution >= 4 is 0 Å². The molecular formula is C12H8F3NO. The first-order chi connectivity index (χ1) is 8.09. The fraction of sp³-hybridized carbons (Fsp3) is 0.0833. The Balaban J connectivity index is 2.41. The summed E-state index contributed by atoms with van der Waals surface area (Å²) < 4.78 is 38.7. The Kier molecular flexibility index (Phi) is 3.10. The van der Waals surface area contributed by atoms with Gasteiger partial charge in [0.1, 0.15) is 6.10 Å². The molecule has 1 atom stereocenters. The summed E-state index contributed by atoms with van der Waals surface area (Å²) in [5, 5.41) is 9.81. The molecule has 0 spiro atoms. The summed E-state index contributed by atoms with van der Waals surface area (Å²) in [6.07, 6.45) is 0.148. The molecule has 0 saturated carbocycles. The second kappa shape index (κ2) is 4.55. The van der Waals surface area contributed by atoms with Gasteiger partial charge in [-0.05, 0) is 29.8 Å². The van der Waals surface area contributed by atoms with E-state index in [1.54, 1.807) is 12.1 Å². The van der Waals surface area contributed by atoms with E-state index >= 15 is 0 Å². The fourth-order valence-corrected chi connectivity index (χ4v) is 1.44. The number of halogens is 3. The van der Waals surface area contributed by atoms with Crippen LogP contribution in [0.25, 0.3) is 0 Å². The highest BCUT2D eigenvalue weighted by Gasteiger charge is 2.17. The largest absolute Gasteiger partial charge is 0.382 e. The van der Waals surface area contributed by atoms with Crippen molar-refractivity contribution in [3.63, 3.8) is 0 Å². The maximum absolute atomic E-state index is 13.0. The van der Waals surface area contributed by atoms with Gasteiger partial charge in [-0.2, -0.15) is 0 Å². The zero-order valence-corrected chi connectivity index (χ0v) is 8.57. The molecule has 1 aromatic carbocycles. The molecule has 0 fully saturated rings. The van der Waals surface area contributed by atoms with Crippen LogP contribution in [0.4, 0.5) is 13.2 Å². The average molecular weight is 239 g/mol. The van der Waals surface area contributed by atoms with E-state index in [9.17, 15) is 18.3 Å². The van der Waals surface area contributed by atoms with Gasteiger partial charge in [0.25, 0.3) is 0 Å². The Morgan fingerprint density at radius 1 is 1.06 bits per heavy atom. The van der Waals surface area contributed by atoms with E-state index < -0.39 is 23.6 Å². The third-order valence-corrected chi connectivity index (χ3v) is 2.29. The molecule has 0 bridgehead atoms. The van der Waals surface area contributed by atoms with Crippen molar-refractivity contribution in [3.05, 3.63) is 65.2 Å². The molecule has 2 nitrogen and oxygen atoms in total. The van der Waals surface area contributed by atoms with Gasteiger partial charge >= 0.3 is 0 Å². The summed E-state index contributed by atoms with van der Waals surface area (Å²) in [5.41, 5.74) is 0.151. The Morgan fingerprint density at radius 3 is 2.24 bits per heavy atom. The number of hydrogen-bond donors (Lipinski definition) is 1. The molecule has 0 saturated heterocycles. The van der Waals surface area contributed by atoms with Crippen LogP contribution in [0.15, 0.2) is 36.5 Å². The third kappa shape index (κ3) is 2.29. The van der Waals surface area contributed by atoms with Crippen molar-refractivity contribution in [1.82, 2.24) is 4.98 Å². The minimum atomic E-state index is -1.55. The van der Waals surface area contributed by atoms with Crippen LogP contribution in [0.1, 0.15) is 17.4 Å². The lowest BCUT2D eigenvalue weighted by molar-refractivity contribution is 0.213. The van der Waals surface area contributed by atoms with Crippen LogP contribution >= 0.6 is 0 Å². The van der Waals surface area contributed by atoms with Gasteiger partial charge in [0.15, 0.2) is 17.5 Å². The zero-order chi connectivity index (χ0) is 12.4. The molecule has 17 heavy (non-hydrogen) atoms. The molecule has 0 radical (unpaired) electrons. The number of aliphatic hydroxyl groups excluding tert-OH is 1. The van der Waals surface area contributed by atoms with E-state index in [2.05, 4.69) is 4.98 Å². The Morgan fingerprint density at radius 2 is 1.71 bits per heavy atom. The van der Waals surface area contributed by atoms with Crippen LogP contribution in [-0.4, -0.2) is 10.1 Å². The van der Waals surface area contributed by atoms with E-state index in [4.69, 9.17) is 0 Å². The van der Waals surface area contributed by atoms with Gasteiger partial charge in [0.2, 0.25) is 0 Å². The first-order valence-corrected chi connectivity index (χ1v) is 4.83. The van der Waals surface area contributed by atoms with E-state index in [1.807, 2.05) is 0 Å². The Bertz CT molecular complexity index is 508. The van der Waals surface area contributed by atoms with Crippen LogP contribution in [0, 0.1) is 17.5 Å². The van der Waals surface area contributed by atoms with Crippen molar-refractivity contribution in [2.24, 2.45) is 0 Å². The SMILES string of the molecule is O[C@@H](c1cc(F)c(F)c(F)c1)c1ccccn1. The predicted molar refractivity (Wildman–Crippen MR) is 54.6 cm³/mol. The standard InChI is InChI=1S/C12H8F3NO/c13-8-5-7(6-9(14)11(8)15)12(17)10-3-1-2-4-16-10/h1-6,12,17H/t12-/m0/s1. The summed E-state index contributed by atoms with van der Waals surface area (Å²) in [6.45, 7) is 0. The van der Waals surface area contributed by atoms with Crippen LogP contribution in [0.5, 0.6) is 0 Å². The summed E-state index contributed by atoms with van der Waals surface area (Å²) >= 11 is 0. The summed E-state index contributed by atoms with van der Waals surface area (Å²) in [4.78, 5) is 3.85. The predicted octanol–water partition coefficient (Wildman–Crippen LogP) is 2.58. The lowest BCUT2D eigenvalue weighted by atomic mass is 10.1. The van der Waals surface area contributed by atoms with Gasteiger partial charge in [-0.15, -0.1) is 0 Å². The van der Waals surface area contributed by atoms with Crippen LogP contribution in [-0.2, 0) is 0 Å². The van der Waals surface area contributed by atoms with E-state index in [-0.39, 0.29) is 11.3 Å². The molecular weight excluding hydrogens is 231 g/mol. The molecule has 0 amide bonds. The van der Waals surface area contributed by atoms with Gasteiger partial charge < -0.3 is 5.11 Å². The van der Waals surface area contributed by atoms with Gasteiger partial charge in [-0.25, -0.2) is 13.2 Å². The van der Waals surface area contributed by atoms with Crippen molar-refractivity contribution in [2.75, 3.05) is 0 Å². The fourth-order valence-electron chi connectivity index (χ4n) is 1.44. The second-order valence-corrected chi connectivity index (χ2v) is 3.46. The number of aliphatic hydroxyl groups is 1. The van der Waals surface area contributed by atoms with Crippen molar-refractivity contribution < 1.29 is 18.3 Å². The van der Waals surface area contributed by atoms with E-state index in [0.717, 1.165) is 12.1 Å². The van der Waals surface area contributed by atoms with Crippen LogP contribution < -0.4 is 0 Å². The number of pyridine rings is 1. The van der Waals surface area contributed by atoms with Crippen molar-refractivity contribution in [1.29, 1.82) is 0 Å². The molecule has 1 heterocycles. The normalized spacial score (nSPS) is 12.5. The smallest absolute Gasteiger partial charge is 0.194 e. The first kappa shape index (κ1) is 11.6. The highest BCUT2D eigenvalue weighted by Crippen LogP contribution is 2.23. The van der Waals surface area contributed by atoms with Gasteiger partial charge in [0.05, 0.1) is 5.69 Å². The molecule has 2 rings (SSSR count). The molecule has 0 aliphatic heterocycles. The number of benzene rings is 1. The number of hydrogen-bond acceptors (Lipinski definition) is 2. The number of rotatable bonds is 2. The Labute approximate surface area is 95.4 Å². The quantitative estimate of drug-likeness (QED) is 0.817. The minimum Gasteiger partial charge on any atom is -0.382 e. The highest BCUT2D eigenvalue weighted by atomic mass is 19.2. The van der Waals surface area contributed by atoms with Gasteiger partial charge in [-0.1, -0.05) is 6.07 Å². The molecule has 0 unspecified atom stereocenters. The second-order valence-electron chi connectivity index (χ2n) is 3.46. The molecule has 0 aliphatic carbocycles. The number of aromatic nitrogens is 1. The van der Waals surface area contributed by atoms with Gasteiger partial charge in [0, 0.05) is 6.20 Å². The molecule has 1 N–H and O–H groups in total. The lowest BCUT2D eigenvalue weighted by Gasteiger charge is -2.10. The monoisotopic (exact) mass is 239 g/mol. The maximum atomic E-state index is 13.0.